The van der Waals surface area contributed by atoms with Crippen LogP contribution >= 0.6 is 0 Å². The van der Waals surface area contributed by atoms with Crippen LogP contribution in [0.5, 0.6) is 0 Å². The summed E-state index contributed by atoms with van der Waals surface area (Å²) in [7, 11) is 0. The van der Waals surface area contributed by atoms with E-state index in [0.29, 0.717) is 27.7 Å². The van der Waals surface area contributed by atoms with Crippen molar-refractivity contribution in [2.75, 3.05) is 0 Å². The quantitative estimate of drug-likeness (QED) is 0.556. The predicted octanol–water partition coefficient (Wildman–Crippen LogP) is 2.53. The van der Waals surface area contributed by atoms with Crippen LogP contribution in [-0.2, 0) is 0 Å². The van der Waals surface area contributed by atoms with E-state index in [1.54, 1.807) is 30.3 Å². The zero-order chi connectivity index (χ0) is 12.5. The third-order valence-corrected chi connectivity index (χ3v) is 2.71. The molecule has 0 amide bonds. The van der Waals surface area contributed by atoms with Gasteiger partial charge in [0.15, 0.2) is 0 Å². The summed E-state index contributed by atoms with van der Waals surface area (Å²) in [5.41, 5.74) is 3.63. The number of nitrogens with zero attached hydrogens (tertiary/aromatic N) is 4. The first-order valence-electron chi connectivity index (χ1n) is 5.32. The highest BCUT2D eigenvalue weighted by molar-refractivity contribution is 5.89. The topological polar surface area (TPSA) is 73.4 Å². The zero-order valence-electron chi connectivity index (χ0n) is 9.25. The predicted molar refractivity (Wildman–Crippen MR) is 66.5 cm³/mol. The van der Waals surface area contributed by atoms with Gasteiger partial charge in [0.2, 0.25) is 0 Å². The standard InChI is InChI=1S/C14H6N4/c15-7-9-4-5-11-13(6-9)18-14-10(8-16)2-1-3-12(14)17-11/h1-6H. The highest BCUT2D eigenvalue weighted by Crippen LogP contribution is 2.19. The summed E-state index contributed by atoms with van der Waals surface area (Å²) in [5.74, 6) is 0. The Hall–Kier alpha value is -2.98. The first-order chi connectivity index (χ1) is 8.81. The molecule has 0 radical (unpaired) electrons. The number of rotatable bonds is 0. The molecular formula is C14H6N4. The number of para-hydroxylation sites is 1. The lowest BCUT2D eigenvalue weighted by Crippen LogP contribution is -1.90. The van der Waals surface area contributed by atoms with Gasteiger partial charge in [-0.1, -0.05) is 6.07 Å². The molecule has 0 unspecified atom stereocenters. The SMILES string of the molecule is N#Cc1ccc2nc3cccc(C#N)c3nc2c1. The van der Waals surface area contributed by atoms with Crippen LogP contribution in [0.15, 0.2) is 36.4 Å². The van der Waals surface area contributed by atoms with Gasteiger partial charge in [0.1, 0.15) is 11.6 Å². The highest BCUT2D eigenvalue weighted by atomic mass is 14.8. The molecule has 0 bridgehead atoms. The lowest BCUT2D eigenvalue weighted by Gasteiger charge is -2.02. The summed E-state index contributed by atoms with van der Waals surface area (Å²) in [6.45, 7) is 0. The molecule has 0 spiro atoms. The van der Waals surface area contributed by atoms with E-state index in [1.807, 2.05) is 6.07 Å². The second-order valence-electron chi connectivity index (χ2n) is 3.82. The fourth-order valence-electron chi connectivity index (χ4n) is 1.86. The minimum Gasteiger partial charge on any atom is -0.244 e. The molecule has 3 aromatic rings. The van der Waals surface area contributed by atoms with Crippen LogP contribution in [0.25, 0.3) is 22.1 Å². The molecule has 0 saturated carbocycles. The van der Waals surface area contributed by atoms with E-state index in [2.05, 4.69) is 22.1 Å². The molecule has 2 aromatic carbocycles. The minimum absolute atomic E-state index is 0.490. The van der Waals surface area contributed by atoms with Crippen molar-refractivity contribution < 1.29 is 0 Å². The molecule has 0 aliphatic heterocycles. The van der Waals surface area contributed by atoms with Gasteiger partial charge in [-0.2, -0.15) is 10.5 Å². The van der Waals surface area contributed by atoms with Gasteiger partial charge < -0.3 is 0 Å². The normalized spacial score (nSPS) is 10.1. The Labute approximate surface area is 103 Å². The van der Waals surface area contributed by atoms with E-state index < -0.39 is 0 Å². The van der Waals surface area contributed by atoms with E-state index in [-0.39, 0.29) is 0 Å². The second kappa shape index (κ2) is 3.80. The Kier molecular flexibility index (Phi) is 2.15. The van der Waals surface area contributed by atoms with Crippen molar-refractivity contribution in [3.8, 4) is 12.1 Å². The first-order valence-corrected chi connectivity index (χ1v) is 5.32. The molecule has 3 rings (SSSR count). The fraction of sp³-hybridized carbons (Fsp3) is 0. The number of benzene rings is 2. The first kappa shape index (κ1) is 10.2. The molecule has 4 nitrogen and oxygen atoms in total. The van der Waals surface area contributed by atoms with E-state index in [1.165, 1.54) is 0 Å². The molecule has 0 aliphatic carbocycles. The van der Waals surface area contributed by atoms with Gasteiger partial charge in [0.25, 0.3) is 0 Å². The van der Waals surface area contributed by atoms with Gasteiger partial charge in [-0.15, -0.1) is 0 Å². The average Bonchev–Trinajstić information content (AvgIpc) is 2.43. The van der Waals surface area contributed by atoms with Crippen molar-refractivity contribution in [1.29, 1.82) is 10.5 Å². The van der Waals surface area contributed by atoms with Crippen LogP contribution in [0.1, 0.15) is 11.1 Å². The maximum absolute atomic E-state index is 9.04. The highest BCUT2D eigenvalue weighted by Gasteiger charge is 2.06. The molecule has 0 N–H and O–H groups in total. The van der Waals surface area contributed by atoms with Gasteiger partial charge in [0.05, 0.1) is 33.7 Å². The van der Waals surface area contributed by atoms with Crippen molar-refractivity contribution in [3.05, 3.63) is 47.5 Å². The monoisotopic (exact) mass is 230 g/mol. The summed E-state index contributed by atoms with van der Waals surface area (Å²) >= 11 is 0. The van der Waals surface area contributed by atoms with Gasteiger partial charge in [0, 0.05) is 0 Å². The molecule has 1 heterocycles. The number of fused-ring (bicyclic) bond motifs is 2. The van der Waals surface area contributed by atoms with Crippen LogP contribution in [0.3, 0.4) is 0 Å². The summed E-state index contributed by atoms with van der Waals surface area (Å²) in [6.07, 6.45) is 0. The van der Waals surface area contributed by atoms with Gasteiger partial charge in [-0.25, -0.2) is 9.97 Å². The Morgan fingerprint density at radius 3 is 2.50 bits per heavy atom. The summed E-state index contributed by atoms with van der Waals surface area (Å²) < 4.78 is 0. The second-order valence-corrected chi connectivity index (χ2v) is 3.82. The molecular weight excluding hydrogens is 224 g/mol. The summed E-state index contributed by atoms with van der Waals surface area (Å²) in [6, 6.07) is 14.6. The zero-order valence-corrected chi connectivity index (χ0v) is 9.25. The van der Waals surface area contributed by atoms with E-state index in [9.17, 15) is 0 Å². The molecule has 0 saturated heterocycles. The van der Waals surface area contributed by atoms with Crippen LogP contribution < -0.4 is 0 Å². The molecule has 4 heteroatoms. The average molecular weight is 230 g/mol. The Bertz CT molecular complexity index is 853. The maximum Gasteiger partial charge on any atom is 0.107 e. The molecule has 82 valence electrons. The smallest absolute Gasteiger partial charge is 0.107 e. The Balaban J connectivity index is 2.46. The molecule has 0 atom stereocenters. The van der Waals surface area contributed by atoms with Crippen molar-refractivity contribution in [3.63, 3.8) is 0 Å². The number of aromatic nitrogens is 2. The van der Waals surface area contributed by atoms with Gasteiger partial charge >= 0.3 is 0 Å². The molecule has 1 aromatic heterocycles. The largest absolute Gasteiger partial charge is 0.244 e. The number of hydrogen-bond acceptors (Lipinski definition) is 4. The molecule has 0 fully saturated rings. The lowest BCUT2D eigenvalue weighted by atomic mass is 10.1. The van der Waals surface area contributed by atoms with Crippen LogP contribution in [0, 0.1) is 22.7 Å². The summed E-state index contributed by atoms with van der Waals surface area (Å²) in [4.78, 5) is 8.86. The van der Waals surface area contributed by atoms with Crippen molar-refractivity contribution in [1.82, 2.24) is 9.97 Å². The van der Waals surface area contributed by atoms with Crippen molar-refractivity contribution in [2.45, 2.75) is 0 Å². The summed E-state index contributed by atoms with van der Waals surface area (Å²) in [5, 5.41) is 17.9. The van der Waals surface area contributed by atoms with E-state index >= 15 is 0 Å². The molecule has 18 heavy (non-hydrogen) atoms. The van der Waals surface area contributed by atoms with Crippen molar-refractivity contribution >= 4 is 22.1 Å². The van der Waals surface area contributed by atoms with Crippen LogP contribution in [-0.4, -0.2) is 9.97 Å². The van der Waals surface area contributed by atoms with Crippen LogP contribution in [0.2, 0.25) is 0 Å². The van der Waals surface area contributed by atoms with Gasteiger partial charge in [-0.3, -0.25) is 0 Å². The fourth-order valence-corrected chi connectivity index (χ4v) is 1.86. The third kappa shape index (κ3) is 1.45. The van der Waals surface area contributed by atoms with E-state index in [0.717, 1.165) is 5.52 Å². The van der Waals surface area contributed by atoms with Crippen LogP contribution in [0.4, 0.5) is 0 Å². The lowest BCUT2D eigenvalue weighted by molar-refractivity contribution is 1.37. The van der Waals surface area contributed by atoms with Gasteiger partial charge in [-0.05, 0) is 30.3 Å². The van der Waals surface area contributed by atoms with E-state index in [4.69, 9.17) is 10.5 Å². The molecule has 0 aliphatic rings. The maximum atomic E-state index is 9.04. The number of nitriles is 2. The minimum atomic E-state index is 0.490. The van der Waals surface area contributed by atoms with Crippen molar-refractivity contribution in [2.24, 2.45) is 0 Å². The Morgan fingerprint density at radius 1 is 0.833 bits per heavy atom. The Morgan fingerprint density at radius 2 is 1.72 bits per heavy atom. The number of hydrogen-bond donors (Lipinski definition) is 0. The third-order valence-electron chi connectivity index (χ3n) is 2.71.